The normalized spacial score (nSPS) is 21.0. The molecule has 1 atom stereocenters. The summed E-state index contributed by atoms with van der Waals surface area (Å²) in [7, 11) is 0. The summed E-state index contributed by atoms with van der Waals surface area (Å²) in [6, 6.07) is 0. The van der Waals surface area contributed by atoms with Crippen molar-refractivity contribution in [1.82, 2.24) is 5.32 Å². The van der Waals surface area contributed by atoms with Gasteiger partial charge in [0, 0.05) is 18.7 Å². The minimum absolute atomic E-state index is 0.154. The predicted octanol–water partition coefficient (Wildman–Crippen LogP) is 0.915. The van der Waals surface area contributed by atoms with Crippen molar-refractivity contribution in [1.29, 1.82) is 0 Å². The molecule has 0 aromatic rings. The Morgan fingerprint density at radius 3 is 2.41 bits per heavy atom. The summed E-state index contributed by atoms with van der Waals surface area (Å²) in [6.45, 7) is 5.88. The molecule has 1 unspecified atom stereocenters. The molecule has 0 bridgehead atoms. The van der Waals surface area contributed by atoms with Crippen LogP contribution in [0.3, 0.4) is 0 Å². The fraction of sp³-hybridized carbons (Fsp3) is 1.00. The molecule has 4 nitrogen and oxygen atoms in total. The van der Waals surface area contributed by atoms with Crippen LogP contribution in [0.5, 0.6) is 0 Å². The fourth-order valence-corrected chi connectivity index (χ4v) is 2.28. The van der Waals surface area contributed by atoms with E-state index in [1.807, 2.05) is 0 Å². The molecule has 17 heavy (non-hydrogen) atoms. The maximum Gasteiger partial charge on any atom is 0.0897 e. The molecule has 0 aromatic carbocycles. The number of aliphatic hydroxyl groups excluding tert-OH is 2. The number of aliphatic hydroxyl groups is 2. The largest absolute Gasteiger partial charge is 0.394 e. The van der Waals surface area contributed by atoms with Crippen molar-refractivity contribution in [3.05, 3.63) is 0 Å². The average Bonchev–Trinajstić information content (AvgIpc) is 2.75. The fourth-order valence-electron chi connectivity index (χ4n) is 2.28. The van der Waals surface area contributed by atoms with E-state index in [2.05, 4.69) is 19.2 Å². The Labute approximate surface area is 104 Å². The van der Waals surface area contributed by atoms with E-state index in [0.717, 1.165) is 25.7 Å². The van der Waals surface area contributed by atoms with Crippen LogP contribution in [-0.2, 0) is 4.74 Å². The zero-order valence-corrected chi connectivity index (χ0v) is 11.1. The molecule has 1 aliphatic rings. The lowest BCUT2D eigenvalue weighted by molar-refractivity contribution is 0.0198. The van der Waals surface area contributed by atoms with Crippen LogP contribution in [0.1, 0.15) is 39.5 Å². The number of β-amino-alcohol motifs (C(OH)–C–C–N with tert-alkyl or cyclic N) is 1. The molecule has 1 saturated carbocycles. The second-order valence-corrected chi connectivity index (χ2v) is 5.61. The van der Waals surface area contributed by atoms with Gasteiger partial charge in [0.25, 0.3) is 0 Å². The van der Waals surface area contributed by atoms with Gasteiger partial charge in [0.2, 0.25) is 0 Å². The molecule has 3 N–H and O–H groups in total. The molecule has 1 fully saturated rings. The van der Waals surface area contributed by atoms with Gasteiger partial charge in [0.15, 0.2) is 0 Å². The molecule has 1 aliphatic carbocycles. The van der Waals surface area contributed by atoms with Crippen molar-refractivity contribution >= 4 is 0 Å². The topological polar surface area (TPSA) is 61.7 Å². The Morgan fingerprint density at radius 1 is 1.24 bits per heavy atom. The molecule has 102 valence electrons. The SMILES string of the molecule is CC(C)COCC(O)CNC1(CO)CCCC1. The maximum atomic E-state index is 9.76. The first-order chi connectivity index (χ1) is 8.08. The molecule has 0 amide bonds. The number of hydrogen-bond acceptors (Lipinski definition) is 4. The minimum atomic E-state index is -0.488. The Bertz CT molecular complexity index is 203. The predicted molar refractivity (Wildman–Crippen MR) is 68.0 cm³/mol. The first kappa shape index (κ1) is 14.9. The van der Waals surface area contributed by atoms with E-state index in [-0.39, 0.29) is 12.1 Å². The zero-order valence-electron chi connectivity index (χ0n) is 11.1. The summed E-state index contributed by atoms with van der Waals surface area (Å²) in [5, 5.41) is 22.5. The molecule has 0 aliphatic heterocycles. The van der Waals surface area contributed by atoms with E-state index in [1.165, 1.54) is 0 Å². The molecule has 0 heterocycles. The molecule has 0 radical (unpaired) electrons. The van der Waals surface area contributed by atoms with E-state index in [9.17, 15) is 10.2 Å². The van der Waals surface area contributed by atoms with Crippen LogP contribution in [0.15, 0.2) is 0 Å². The average molecular weight is 245 g/mol. The summed E-state index contributed by atoms with van der Waals surface area (Å²) in [6.07, 6.45) is 3.84. The second-order valence-electron chi connectivity index (χ2n) is 5.61. The van der Waals surface area contributed by atoms with Crippen LogP contribution in [0.25, 0.3) is 0 Å². The second kappa shape index (κ2) is 7.31. The smallest absolute Gasteiger partial charge is 0.0897 e. The molecular formula is C13H27NO3. The molecule has 4 heteroatoms. The van der Waals surface area contributed by atoms with Gasteiger partial charge in [-0.25, -0.2) is 0 Å². The van der Waals surface area contributed by atoms with E-state index in [1.54, 1.807) is 0 Å². The summed E-state index contributed by atoms with van der Waals surface area (Å²) in [4.78, 5) is 0. The zero-order chi connectivity index (χ0) is 12.7. The van der Waals surface area contributed by atoms with Crippen molar-refractivity contribution in [2.75, 3.05) is 26.4 Å². The molecular weight excluding hydrogens is 218 g/mol. The summed E-state index contributed by atoms with van der Waals surface area (Å²) in [5.74, 6) is 0.494. The monoisotopic (exact) mass is 245 g/mol. The van der Waals surface area contributed by atoms with Gasteiger partial charge in [0.1, 0.15) is 0 Å². The minimum Gasteiger partial charge on any atom is -0.394 e. The van der Waals surface area contributed by atoms with Gasteiger partial charge in [-0.2, -0.15) is 0 Å². The van der Waals surface area contributed by atoms with E-state index < -0.39 is 6.10 Å². The number of ether oxygens (including phenoxy) is 1. The van der Waals surface area contributed by atoms with Crippen LogP contribution in [0.2, 0.25) is 0 Å². The van der Waals surface area contributed by atoms with Gasteiger partial charge in [-0.05, 0) is 18.8 Å². The molecule has 0 aromatic heterocycles. The maximum absolute atomic E-state index is 9.76. The summed E-state index contributed by atoms with van der Waals surface area (Å²) < 4.78 is 5.39. The Morgan fingerprint density at radius 2 is 1.88 bits per heavy atom. The Hall–Kier alpha value is -0.160. The lowest BCUT2D eigenvalue weighted by atomic mass is 9.99. The van der Waals surface area contributed by atoms with E-state index >= 15 is 0 Å². The Balaban J connectivity index is 2.15. The van der Waals surface area contributed by atoms with Crippen molar-refractivity contribution in [2.45, 2.75) is 51.2 Å². The standard InChI is InChI=1S/C13H27NO3/c1-11(2)8-17-9-12(16)7-14-13(10-15)5-3-4-6-13/h11-12,14-16H,3-10H2,1-2H3. The van der Waals surface area contributed by atoms with E-state index in [0.29, 0.717) is 25.7 Å². The van der Waals surface area contributed by atoms with Crippen LogP contribution in [0.4, 0.5) is 0 Å². The number of hydrogen-bond donors (Lipinski definition) is 3. The van der Waals surface area contributed by atoms with Crippen molar-refractivity contribution in [2.24, 2.45) is 5.92 Å². The van der Waals surface area contributed by atoms with Crippen LogP contribution >= 0.6 is 0 Å². The van der Waals surface area contributed by atoms with Crippen LogP contribution in [0, 0.1) is 5.92 Å². The lowest BCUT2D eigenvalue weighted by Gasteiger charge is -2.29. The quantitative estimate of drug-likeness (QED) is 0.595. The van der Waals surface area contributed by atoms with Gasteiger partial charge in [-0.15, -0.1) is 0 Å². The third-order valence-corrected chi connectivity index (χ3v) is 3.34. The first-order valence-electron chi connectivity index (χ1n) is 6.70. The highest BCUT2D eigenvalue weighted by Crippen LogP contribution is 2.28. The van der Waals surface area contributed by atoms with Crippen molar-refractivity contribution in [3.8, 4) is 0 Å². The number of rotatable bonds is 8. The third kappa shape index (κ3) is 5.34. The summed E-state index contributed by atoms with van der Waals surface area (Å²) >= 11 is 0. The van der Waals surface area contributed by atoms with Crippen LogP contribution < -0.4 is 5.32 Å². The van der Waals surface area contributed by atoms with Crippen molar-refractivity contribution in [3.63, 3.8) is 0 Å². The first-order valence-corrected chi connectivity index (χ1v) is 6.70. The van der Waals surface area contributed by atoms with Gasteiger partial charge in [0.05, 0.1) is 19.3 Å². The molecule has 1 rings (SSSR count). The van der Waals surface area contributed by atoms with Crippen LogP contribution in [-0.4, -0.2) is 48.2 Å². The van der Waals surface area contributed by atoms with Gasteiger partial charge >= 0.3 is 0 Å². The molecule has 0 spiro atoms. The molecule has 0 saturated heterocycles. The highest BCUT2D eigenvalue weighted by molar-refractivity contribution is 4.92. The van der Waals surface area contributed by atoms with Gasteiger partial charge in [-0.3, -0.25) is 0 Å². The van der Waals surface area contributed by atoms with Gasteiger partial charge < -0.3 is 20.3 Å². The highest BCUT2D eigenvalue weighted by Gasteiger charge is 2.32. The van der Waals surface area contributed by atoms with Gasteiger partial charge in [-0.1, -0.05) is 26.7 Å². The highest BCUT2D eigenvalue weighted by atomic mass is 16.5. The third-order valence-electron chi connectivity index (χ3n) is 3.34. The van der Waals surface area contributed by atoms with E-state index in [4.69, 9.17) is 4.74 Å². The van der Waals surface area contributed by atoms with Crippen molar-refractivity contribution < 1.29 is 14.9 Å². The lowest BCUT2D eigenvalue weighted by Crippen LogP contribution is -2.49. The number of nitrogens with one attached hydrogen (secondary N) is 1. The summed E-state index contributed by atoms with van der Waals surface area (Å²) in [5.41, 5.74) is -0.154. The Kier molecular flexibility index (Phi) is 6.41.